The molecule has 0 spiro atoms. The summed E-state index contributed by atoms with van der Waals surface area (Å²) in [6.07, 6.45) is -19.5. The van der Waals surface area contributed by atoms with Crippen molar-refractivity contribution in [2.45, 2.75) is 292 Å². The highest BCUT2D eigenvalue weighted by Crippen LogP contribution is 2.37. The third-order valence-corrected chi connectivity index (χ3v) is 14.0. The van der Waals surface area contributed by atoms with Gasteiger partial charge >= 0.3 is 11.9 Å². The molecule has 22 heteroatoms. The molecule has 0 unspecified atom stereocenters. The van der Waals surface area contributed by atoms with Crippen molar-refractivity contribution in [3.8, 4) is 0 Å². The minimum atomic E-state index is -1.93. The number of ether oxygens (including phenoxy) is 10. The van der Waals surface area contributed by atoms with Crippen LogP contribution in [-0.4, -0.2) is 206 Å². The summed E-state index contributed by atoms with van der Waals surface area (Å²) in [5.41, 5.74) is 0. The van der Waals surface area contributed by atoms with Crippen LogP contribution in [0.15, 0.2) is 0 Å². The van der Waals surface area contributed by atoms with Gasteiger partial charge in [0.15, 0.2) is 43.5 Å². The quantitative estimate of drug-likeness (QED) is 0.0343. The summed E-state index contributed by atoms with van der Waals surface area (Å²) in [5, 5.41) is 98.2. The van der Waals surface area contributed by atoms with Gasteiger partial charge in [-0.3, -0.25) is 9.59 Å². The van der Waals surface area contributed by atoms with Gasteiger partial charge in [0.2, 0.25) is 0 Å². The molecule has 0 aromatic rings. The average Bonchev–Trinajstić information content (AvgIpc) is 3.35. The fourth-order valence-electron chi connectivity index (χ4n) is 9.53. The zero-order valence-corrected chi connectivity index (χ0v) is 43.8. The monoisotopic (exact) mass is 1050 g/mol. The van der Waals surface area contributed by atoms with E-state index in [1.54, 1.807) is 20.8 Å². The van der Waals surface area contributed by atoms with Crippen LogP contribution in [0.2, 0.25) is 0 Å². The zero-order chi connectivity index (χ0) is 53.8. The Hall–Kier alpha value is -2.07. The number of hydrogen-bond donors (Lipinski definition) is 9. The molecule has 4 aliphatic rings. The van der Waals surface area contributed by atoms with Crippen LogP contribution >= 0.6 is 0 Å². The predicted octanol–water partition coefficient (Wildman–Crippen LogP) is 1.86. The van der Waals surface area contributed by atoms with Crippen molar-refractivity contribution in [3.05, 3.63) is 0 Å². The minimum Gasteiger partial charge on any atom is -0.455 e. The lowest BCUT2D eigenvalue weighted by atomic mass is 9.95. The van der Waals surface area contributed by atoms with E-state index in [4.69, 9.17) is 47.4 Å². The number of esters is 2. The topological polar surface area (TPSA) is 326 Å². The number of ketones is 1. The molecule has 4 saturated heterocycles. The fraction of sp³-hybridized carbons (Fsp3) is 0.941. The molecular formula is C51H90O22. The lowest BCUT2D eigenvalue weighted by molar-refractivity contribution is -0.397. The van der Waals surface area contributed by atoms with Crippen molar-refractivity contribution in [2.75, 3.05) is 13.2 Å². The summed E-state index contributed by atoms with van der Waals surface area (Å²) in [5.74, 6) is -1.44. The van der Waals surface area contributed by atoms with Crippen LogP contribution in [0.4, 0.5) is 0 Å². The van der Waals surface area contributed by atoms with Gasteiger partial charge in [-0.15, -0.1) is 0 Å². The number of aliphatic hydroxyl groups excluding tert-OH is 9. The predicted molar refractivity (Wildman–Crippen MR) is 257 cm³/mol. The molecule has 9 N–H and O–H groups in total. The van der Waals surface area contributed by atoms with E-state index < -0.39 is 154 Å². The summed E-state index contributed by atoms with van der Waals surface area (Å²) in [4.78, 5) is 38.6. The van der Waals surface area contributed by atoms with Gasteiger partial charge in [-0.25, -0.2) is 0 Å². The van der Waals surface area contributed by atoms with Crippen molar-refractivity contribution in [1.82, 2.24) is 0 Å². The molecule has 21 atom stereocenters. The highest BCUT2D eigenvalue weighted by molar-refractivity contribution is 5.75. The molecule has 22 nitrogen and oxygen atoms in total. The number of aliphatic hydroxyl groups is 9. The maximum Gasteiger partial charge on any atom is 0.306 e. The van der Waals surface area contributed by atoms with E-state index in [0.29, 0.717) is 32.1 Å². The van der Waals surface area contributed by atoms with Gasteiger partial charge in [-0.2, -0.15) is 0 Å². The summed E-state index contributed by atoms with van der Waals surface area (Å²) < 4.78 is 61.9. The number of carbonyl (C=O) groups is 3. The van der Waals surface area contributed by atoms with Crippen LogP contribution in [0.1, 0.15) is 164 Å². The molecule has 0 aromatic carbocycles. The molecule has 0 aromatic heterocycles. The molecule has 0 amide bonds. The van der Waals surface area contributed by atoms with Crippen LogP contribution in [0.3, 0.4) is 0 Å². The van der Waals surface area contributed by atoms with Crippen LogP contribution in [-0.2, 0) is 61.8 Å². The molecule has 0 aliphatic carbocycles. The van der Waals surface area contributed by atoms with E-state index in [2.05, 4.69) is 6.92 Å². The fourth-order valence-corrected chi connectivity index (χ4v) is 9.53. The first-order valence-electron chi connectivity index (χ1n) is 27.0. The Morgan fingerprint density at radius 2 is 0.959 bits per heavy atom. The molecule has 73 heavy (non-hydrogen) atoms. The van der Waals surface area contributed by atoms with Gasteiger partial charge in [0.1, 0.15) is 72.9 Å². The third-order valence-electron chi connectivity index (χ3n) is 14.0. The lowest BCUT2D eigenvalue weighted by Gasteiger charge is -2.50. The lowest BCUT2D eigenvalue weighted by Crippen LogP contribution is -2.68. The van der Waals surface area contributed by atoms with E-state index in [0.717, 1.165) is 77.0 Å². The van der Waals surface area contributed by atoms with Gasteiger partial charge in [0.25, 0.3) is 0 Å². The van der Waals surface area contributed by atoms with E-state index >= 15 is 0 Å². The van der Waals surface area contributed by atoms with Gasteiger partial charge in [-0.1, -0.05) is 91.4 Å². The number of carbonyl (C=O) groups excluding carboxylic acids is 3. The summed E-state index contributed by atoms with van der Waals surface area (Å²) in [6, 6.07) is 0. The van der Waals surface area contributed by atoms with Crippen molar-refractivity contribution in [3.63, 3.8) is 0 Å². The zero-order valence-electron chi connectivity index (χ0n) is 43.8. The molecule has 4 heterocycles. The smallest absolute Gasteiger partial charge is 0.306 e. The number of Topliss-reactive ketones (excluding diaryl/α,β-unsaturated/α-hetero) is 1. The van der Waals surface area contributed by atoms with Gasteiger partial charge < -0.3 is 98.1 Å². The first-order chi connectivity index (χ1) is 34.9. The Labute approximate surface area is 430 Å². The van der Waals surface area contributed by atoms with Gasteiger partial charge in [0, 0.05) is 19.3 Å². The van der Waals surface area contributed by atoms with Gasteiger partial charge in [-0.05, 0) is 52.9 Å². The van der Waals surface area contributed by atoms with E-state index in [1.807, 2.05) is 0 Å². The van der Waals surface area contributed by atoms with Crippen molar-refractivity contribution < 1.29 is 108 Å². The molecule has 4 fully saturated rings. The maximum atomic E-state index is 13.6. The maximum absolute atomic E-state index is 13.6. The second-order valence-corrected chi connectivity index (χ2v) is 20.2. The van der Waals surface area contributed by atoms with Crippen LogP contribution < -0.4 is 0 Å². The van der Waals surface area contributed by atoms with Crippen LogP contribution in [0, 0.1) is 0 Å². The molecule has 4 rings (SSSR count). The highest BCUT2D eigenvalue weighted by Gasteiger charge is 2.57. The molecule has 4 aliphatic heterocycles. The number of hydrogen-bond acceptors (Lipinski definition) is 22. The summed E-state index contributed by atoms with van der Waals surface area (Å²) in [7, 11) is 0. The average molecular weight is 1060 g/mol. The molecule has 0 saturated carbocycles. The third kappa shape index (κ3) is 19.1. The minimum absolute atomic E-state index is 0.113. The van der Waals surface area contributed by atoms with Gasteiger partial charge in [0.05, 0.1) is 31.5 Å². The summed E-state index contributed by atoms with van der Waals surface area (Å²) in [6.45, 7) is 8.66. The first-order valence-corrected chi connectivity index (χ1v) is 27.0. The Morgan fingerprint density at radius 1 is 0.466 bits per heavy atom. The van der Waals surface area contributed by atoms with Crippen molar-refractivity contribution in [2.24, 2.45) is 0 Å². The Morgan fingerprint density at radius 3 is 1.51 bits per heavy atom. The largest absolute Gasteiger partial charge is 0.455 e. The van der Waals surface area contributed by atoms with E-state index in [1.165, 1.54) is 13.8 Å². The molecule has 0 radical (unpaired) electrons. The summed E-state index contributed by atoms with van der Waals surface area (Å²) >= 11 is 0. The second kappa shape index (κ2) is 32.6. The normalized spacial score (nSPS) is 37.4. The van der Waals surface area contributed by atoms with E-state index in [-0.39, 0.29) is 18.6 Å². The second-order valence-electron chi connectivity index (χ2n) is 20.2. The molecular weight excluding hydrogens is 965 g/mol. The first kappa shape index (κ1) is 63.5. The standard InChI is InChI=1S/C51H90O22/c1-7-10-11-12-13-16-19-24-31(25-20-17-14-15-18-23-28(4)53)67-50-45(41(61)38(58)32(26-52)68-50)72-51-47(73-49-43(63)40(60)37(57)30(6)66-49)46(71-35(55)22-9-3)44(70-34(54)21-8-2)33(69-51)27-64-48-42(62)39(59)36(56)29(5)65-48/h29-33,36-52,56-63H,7-27H2,1-6H3/t29-,30+,31-,32-,33-,36+,37+,38-,39+,40-,41+,42+,43+,44-,45-,46+,47-,48-,49+,50-,51+/m1/s1. The molecule has 426 valence electrons. The van der Waals surface area contributed by atoms with Crippen molar-refractivity contribution >= 4 is 17.7 Å². The Kier molecular flexibility index (Phi) is 28.4. The Bertz CT molecular complexity index is 1580. The Balaban J connectivity index is 1.77. The van der Waals surface area contributed by atoms with Crippen molar-refractivity contribution in [1.29, 1.82) is 0 Å². The molecule has 0 bridgehead atoms. The highest BCUT2D eigenvalue weighted by atomic mass is 16.8. The number of unbranched alkanes of at least 4 members (excludes halogenated alkanes) is 10. The van der Waals surface area contributed by atoms with Crippen LogP contribution in [0.5, 0.6) is 0 Å². The van der Waals surface area contributed by atoms with E-state index in [9.17, 15) is 60.3 Å². The van der Waals surface area contributed by atoms with Crippen LogP contribution in [0.25, 0.3) is 0 Å². The number of rotatable bonds is 32. The SMILES string of the molecule is CCCCCCCCC[C@H](CCCCCCCC(C)=O)O[C@@H]1O[C@H](CO)[C@@H](O)[C@H](O)[C@H]1O[C@@H]1O[C@H](CO[C@@H]2O[C@H](C)[C@H](O)[C@H](O)[C@@H]2O)[C@@H](OC(=O)CCC)[C@H](OC(=O)CCC)[C@H]1O[C@@H]1O[C@@H](C)[C@H](O)[C@@H](O)[C@@H]1O.